The molecule has 4 N–H and O–H groups in total. The number of likely N-dealkylation sites (tertiary alicyclic amines) is 1. The van der Waals surface area contributed by atoms with Crippen molar-refractivity contribution in [3.8, 4) is 11.1 Å². The van der Waals surface area contributed by atoms with Gasteiger partial charge in [-0.3, -0.25) is 14.9 Å². The van der Waals surface area contributed by atoms with Crippen LogP contribution in [0.2, 0.25) is 0 Å². The van der Waals surface area contributed by atoms with Gasteiger partial charge in [0.25, 0.3) is 11.5 Å². The van der Waals surface area contributed by atoms with E-state index in [2.05, 4.69) is 47.4 Å². The summed E-state index contributed by atoms with van der Waals surface area (Å²) in [4.78, 5) is 40.4. The number of nitrogens with one attached hydrogen (secondary N) is 3. The zero-order valence-corrected chi connectivity index (χ0v) is 27.8. The van der Waals surface area contributed by atoms with Crippen molar-refractivity contribution in [2.45, 2.75) is 71.1 Å². The number of piperidine rings is 1. The van der Waals surface area contributed by atoms with Crippen LogP contribution in [0.3, 0.4) is 0 Å². The van der Waals surface area contributed by atoms with Gasteiger partial charge in [-0.15, -0.1) is 0 Å². The standard InChI is InChI=1S/C35H43FN6O3S/c1-34(2,3)25-9-10-27-23(17-25)19-29-32(40-27)46-33(41-29)31(44)39-28(11-14-42-15-12-35(45,37-4)13-16-42)22-7-5-21(6-8-22)24-18-26(36)30(43)38-20-24/h5-8,18-20,25,28,37,45H,9-17H2,1-4H3,(H,38,43)(H,39,44)/t25-,28+/m0/s1. The minimum absolute atomic E-state index is 0.228. The molecular formula is C35H43FN6O3S. The molecule has 0 bridgehead atoms. The van der Waals surface area contributed by atoms with Crippen molar-refractivity contribution < 1.29 is 14.3 Å². The Labute approximate surface area is 272 Å². The predicted octanol–water partition coefficient (Wildman–Crippen LogP) is 5.20. The van der Waals surface area contributed by atoms with E-state index >= 15 is 0 Å². The number of aliphatic hydroxyl groups is 1. The Kier molecular flexibility index (Phi) is 9.13. The molecule has 3 aromatic heterocycles. The molecule has 2 atom stereocenters. The van der Waals surface area contributed by atoms with Gasteiger partial charge in [0.15, 0.2) is 10.8 Å². The molecule has 1 saturated heterocycles. The summed E-state index contributed by atoms with van der Waals surface area (Å²) in [5.74, 6) is -0.491. The number of hydrogen-bond acceptors (Lipinski definition) is 8. The third-order valence-electron chi connectivity index (χ3n) is 9.86. The van der Waals surface area contributed by atoms with E-state index in [0.29, 0.717) is 35.8 Å². The quantitative estimate of drug-likeness (QED) is 0.194. The number of amides is 1. The van der Waals surface area contributed by atoms with Crippen LogP contribution < -0.4 is 16.2 Å². The molecular weight excluding hydrogens is 603 g/mol. The second kappa shape index (κ2) is 12.9. The number of hydrogen-bond donors (Lipinski definition) is 4. The number of thiazole rings is 1. The van der Waals surface area contributed by atoms with Crippen molar-refractivity contribution in [2.75, 3.05) is 26.7 Å². The number of H-pyrrole nitrogens is 1. The van der Waals surface area contributed by atoms with Gasteiger partial charge in [-0.25, -0.2) is 14.4 Å². The van der Waals surface area contributed by atoms with Gasteiger partial charge < -0.3 is 20.3 Å². The van der Waals surface area contributed by atoms with Gasteiger partial charge in [-0.1, -0.05) is 56.4 Å². The lowest BCUT2D eigenvalue weighted by atomic mass is 9.71. The zero-order chi connectivity index (χ0) is 32.6. The average molecular weight is 647 g/mol. The fourth-order valence-electron chi connectivity index (χ4n) is 6.63. The maximum atomic E-state index is 13.9. The van der Waals surface area contributed by atoms with Crippen LogP contribution in [-0.4, -0.2) is 63.3 Å². The van der Waals surface area contributed by atoms with Gasteiger partial charge >= 0.3 is 0 Å². The van der Waals surface area contributed by atoms with Gasteiger partial charge in [0.2, 0.25) is 0 Å². The van der Waals surface area contributed by atoms with E-state index in [1.54, 1.807) is 7.05 Å². The Bertz CT molecular complexity index is 1770. The van der Waals surface area contributed by atoms with Crippen molar-refractivity contribution in [3.63, 3.8) is 0 Å². The monoisotopic (exact) mass is 646 g/mol. The van der Waals surface area contributed by atoms with Crippen molar-refractivity contribution in [3.05, 3.63) is 80.6 Å². The number of carbonyl (C=O) groups is 1. The molecule has 46 heavy (non-hydrogen) atoms. The minimum Gasteiger partial charge on any atom is -0.376 e. The van der Waals surface area contributed by atoms with E-state index in [9.17, 15) is 19.1 Å². The van der Waals surface area contributed by atoms with Gasteiger partial charge in [-0.05, 0) is 72.9 Å². The molecule has 0 unspecified atom stereocenters. The molecule has 4 heterocycles. The topological polar surface area (TPSA) is 123 Å². The van der Waals surface area contributed by atoms with Crippen molar-refractivity contribution >= 4 is 27.6 Å². The second-order valence-electron chi connectivity index (χ2n) is 13.9. The highest BCUT2D eigenvalue weighted by Crippen LogP contribution is 2.38. The molecule has 1 aliphatic heterocycles. The SMILES string of the molecule is CNC1(O)CCN(CC[C@@H](NC(=O)c2nc3cc4c(nc3s2)CC[C@H](C(C)(C)C)C4)c2ccc(-c3c[nH]c(=O)c(F)c3)cc2)CC1. The minimum atomic E-state index is -0.838. The van der Waals surface area contributed by atoms with E-state index in [-0.39, 0.29) is 17.4 Å². The highest BCUT2D eigenvalue weighted by Gasteiger charge is 2.32. The molecule has 1 amide bonds. The summed E-state index contributed by atoms with van der Waals surface area (Å²) in [6.07, 6.45) is 6.44. The van der Waals surface area contributed by atoms with Crippen LogP contribution in [0.15, 0.2) is 47.4 Å². The predicted molar refractivity (Wildman–Crippen MR) is 179 cm³/mol. The van der Waals surface area contributed by atoms with Gasteiger partial charge in [0.1, 0.15) is 16.1 Å². The lowest BCUT2D eigenvalue weighted by Gasteiger charge is -2.38. The molecule has 2 aliphatic rings. The molecule has 1 aromatic carbocycles. The normalized spacial score (nSPS) is 19.1. The van der Waals surface area contributed by atoms with E-state index < -0.39 is 17.1 Å². The third-order valence-corrected chi connectivity index (χ3v) is 10.8. The lowest BCUT2D eigenvalue weighted by Crippen LogP contribution is -2.52. The highest BCUT2D eigenvalue weighted by molar-refractivity contribution is 7.19. The number of rotatable bonds is 8. The zero-order valence-electron chi connectivity index (χ0n) is 27.0. The molecule has 244 valence electrons. The Balaban J connectivity index is 1.22. The van der Waals surface area contributed by atoms with Gasteiger partial charge in [0.05, 0.1) is 6.04 Å². The summed E-state index contributed by atoms with van der Waals surface area (Å²) < 4.78 is 13.9. The first-order chi connectivity index (χ1) is 21.9. The van der Waals surface area contributed by atoms with Crippen LogP contribution in [0.5, 0.6) is 0 Å². The Morgan fingerprint density at radius 1 is 1.17 bits per heavy atom. The van der Waals surface area contributed by atoms with Crippen LogP contribution in [0, 0.1) is 17.2 Å². The van der Waals surface area contributed by atoms with Crippen LogP contribution >= 0.6 is 11.3 Å². The molecule has 0 spiro atoms. The molecule has 6 rings (SSSR count). The average Bonchev–Trinajstić information content (AvgIpc) is 3.46. The molecule has 0 radical (unpaired) electrons. The van der Waals surface area contributed by atoms with E-state index in [0.717, 1.165) is 66.1 Å². The number of halogens is 1. The summed E-state index contributed by atoms with van der Waals surface area (Å²) in [6, 6.07) is 10.6. The Hall–Kier alpha value is -3.51. The summed E-state index contributed by atoms with van der Waals surface area (Å²) in [5, 5.41) is 17.2. The molecule has 4 aromatic rings. The Morgan fingerprint density at radius 3 is 2.59 bits per heavy atom. The number of aryl methyl sites for hydroxylation is 1. The fraction of sp³-hybridized carbons (Fsp3) is 0.486. The number of fused-ring (bicyclic) bond motifs is 2. The summed E-state index contributed by atoms with van der Waals surface area (Å²) >= 11 is 1.33. The summed E-state index contributed by atoms with van der Waals surface area (Å²) in [5.41, 5.74) is 3.98. The number of nitrogens with zero attached hydrogens (tertiary/aromatic N) is 3. The molecule has 11 heteroatoms. The smallest absolute Gasteiger partial charge is 0.283 e. The molecule has 9 nitrogen and oxygen atoms in total. The van der Waals surface area contributed by atoms with Crippen LogP contribution in [0.4, 0.5) is 4.39 Å². The molecule has 1 fully saturated rings. The van der Waals surface area contributed by atoms with Gasteiger partial charge in [0, 0.05) is 49.9 Å². The molecule has 1 aliphatic carbocycles. The van der Waals surface area contributed by atoms with E-state index in [1.165, 1.54) is 29.2 Å². The van der Waals surface area contributed by atoms with Crippen LogP contribution in [0.1, 0.15) is 79.1 Å². The largest absolute Gasteiger partial charge is 0.376 e. The maximum Gasteiger partial charge on any atom is 0.283 e. The number of aromatic nitrogens is 3. The van der Waals surface area contributed by atoms with Crippen LogP contribution in [0.25, 0.3) is 21.5 Å². The van der Waals surface area contributed by atoms with E-state index in [1.807, 2.05) is 24.3 Å². The maximum absolute atomic E-state index is 13.9. The van der Waals surface area contributed by atoms with Gasteiger partial charge in [-0.2, -0.15) is 0 Å². The fourth-order valence-corrected chi connectivity index (χ4v) is 7.47. The summed E-state index contributed by atoms with van der Waals surface area (Å²) in [7, 11) is 1.78. The number of pyridine rings is 2. The van der Waals surface area contributed by atoms with E-state index in [4.69, 9.17) is 9.97 Å². The van der Waals surface area contributed by atoms with Crippen LogP contribution in [-0.2, 0) is 12.8 Å². The van der Waals surface area contributed by atoms with Crippen molar-refractivity contribution in [1.29, 1.82) is 0 Å². The lowest BCUT2D eigenvalue weighted by molar-refractivity contribution is -0.0431. The first-order valence-electron chi connectivity index (χ1n) is 16.1. The van der Waals surface area contributed by atoms with Crippen molar-refractivity contribution in [1.82, 2.24) is 30.5 Å². The molecule has 0 saturated carbocycles. The second-order valence-corrected chi connectivity index (χ2v) is 14.8. The summed E-state index contributed by atoms with van der Waals surface area (Å²) in [6.45, 7) is 9.11. The highest BCUT2D eigenvalue weighted by atomic mass is 32.1. The number of benzene rings is 1. The first-order valence-corrected chi connectivity index (χ1v) is 16.9. The third kappa shape index (κ3) is 7.07. The Morgan fingerprint density at radius 2 is 1.91 bits per heavy atom. The number of aromatic amines is 1. The van der Waals surface area contributed by atoms with Crippen molar-refractivity contribution in [2.24, 2.45) is 11.3 Å². The number of carbonyl (C=O) groups excluding carboxylic acids is 1. The first kappa shape index (κ1) is 32.4.